The van der Waals surface area contributed by atoms with Crippen LogP contribution in [0.5, 0.6) is 0 Å². The number of carbonyl (C=O) groups is 1. The molecule has 0 aliphatic heterocycles. The van der Waals surface area contributed by atoms with Gasteiger partial charge in [0.1, 0.15) is 0 Å². The fourth-order valence-corrected chi connectivity index (χ4v) is 1.97. The summed E-state index contributed by atoms with van der Waals surface area (Å²) in [6.45, 7) is 5.92. The molecule has 0 unspecified atom stereocenters. The van der Waals surface area contributed by atoms with Crippen LogP contribution in [0.4, 0.5) is 0 Å². The van der Waals surface area contributed by atoms with Crippen LogP contribution in [0.2, 0.25) is 0 Å². The van der Waals surface area contributed by atoms with Crippen LogP contribution in [0.1, 0.15) is 39.5 Å². The number of carbonyl (C=O) groups excluding carboxylic acids is 1. The molecule has 0 aromatic heterocycles. The second kappa shape index (κ2) is 4.36. The highest BCUT2D eigenvalue weighted by molar-refractivity contribution is 5.85. The first-order valence-corrected chi connectivity index (χ1v) is 6.51. The van der Waals surface area contributed by atoms with Crippen LogP contribution in [-0.2, 0) is 4.79 Å². The molecular formula is C13H24N2O. The Kier molecular flexibility index (Phi) is 3.24. The minimum absolute atomic E-state index is 0.272. The maximum atomic E-state index is 12.4. The summed E-state index contributed by atoms with van der Waals surface area (Å²) in [6.07, 6.45) is 5.26. The van der Waals surface area contributed by atoms with Crippen LogP contribution in [0.3, 0.4) is 0 Å². The smallest absolute Gasteiger partial charge is 0.242 e. The third-order valence-electron chi connectivity index (χ3n) is 3.80. The van der Waals surface area contributed by atoms with E-state index in [9.17, 15) is 4.79 Å². The van der Waals surface area contributed by atoms with Crippen LogP contribution < -0.4 is 5.32 Å². The third-order valence-corrected chi connectivity index (χ3v) is 3.80. The molecule has 0 radical (unpaired) electrons. The second-order valence-electron chi connectivity index (χ2n) is 5.97. The quantitative estimate of drug-likeness (QED) is 0.744. The first kappa shape index (κ1) is 11.9. The van der Waals surface area contributed by atoms with E-state index in [1.54, 1.807) is 0 Å². The summed E-state index contributed by atoms with van der Waals surface area (Å²) in [6, 6.07) is 0. The molecule has 0 bridgehead atoms. The first-order valence-electron chi connectivity index (χ1n) is 6.51. The minimum Gasteiger partial charge on any atom is -0.341 e. The molecule has 0 aromatic carbocycles. The summed E-state index contributed by atoms with van der Waals surface area (Å²) in [5.74, 6) is 1.85. The Morgan fingerprint density at radius 3 is 1.94 bits per heavy atom. The van der Waals surface area contributed by atoms with E-state index < -0.39 is 5.54 Å². The maximum absolute atomic E-state index is 12.4. The van der Waals surface area contributed by atoms with E-state index in [0.717, 1.165) is 24.9 Å². The van der Waals surface area contributed by atoms with Gasteiger partial charge >= 0.3 is 0 Å². The summed E-state index contributed by atoms with van der Waals surface area (Å²) in [5.41, 5.74) is -0.413. The summed E-state index contributed by atoms with van der Waals surface area (Å²) >= 11 is 0. The van der Waals surface area contributed by atoms with Gasteiger partial charge in [-0.15, -0.1) is 0 Å². The lowest BCUT2D eigenvalue weighted by Gasteiger charge is -2.32. The van der Waals surface area contributed by atoms with Gasteiger partial charge < -0.3 is 10.2 Å². The lowest BCUT2D eigenvalue weighted by atomic mass is 10.0. The Hall–Kier alpha value is -0.570. The molecule has 92 valence electrons. The number of hydrogen-bond acceptors (Lipinski definition) is 2. The summed E-state index contributed by atoms with van der Waals surface area (Å²) < 4.78 is 0. The predicted octanol–water partition coefficient (Wildman–Crippen LogP) is 1.63. The average Bonchev–Trinajstić information content (AvgIpc) is 3.09. The van der Waals surface area contributed by atoms with Gasteiger partial charge in [0, 0.05) is 13.1 Å². The van der Waals surface area contributed by atoms with E-state index in [-0.39, 0.29) is 5.91 Å². The number of amides is 1. The van der Waals surface area contributed by atoms with E-state index in [1.807, 2.05) is 20.9 Å². The van der Waals surface area contributed by atoms with Crippen molar-refractivity contribution in [3.05, 3.63) is 0 Å². The van der Waals surface area contributed by atoms with Crippen molar-refractivity contribution in [1.29, 1.82) is 0 Å². The standard InChI is InChI=1S/C13H24N2O/c1-13(2,14-3)12(16)15(8-10-4-5-10)9-11-6-7-11/h10-11,14H,4-9H2,1-3H3. The van der Waals surface area contributed by atoms with Gasteiger partial charge in [-0.3, -0.25) is 4.79 Å². The molecule has 3 nitrogen and oxygen atoms in total. The van der Waals surface area contributed by atoms with Gasteiger partial charge in [-0.2, -0.15) is 0 Å². The molecule has 3 heteroatoms. The number of nitrogens with zero attached hydrogens (tertiary/aromatic N) is 1. The zero-order valence-corrected chi connectivity index (χ0v) is 10.8. The Bertz CT molecular complexity index is 253. The number of nitrogens with one attached hydrogen (secondary N) is 1. The minimum atomic E-state index is -0.413. The molecule has 2 rings (SSSR count). The molecule has 1 N–H and O–H groups in total. The molecule has 16 heavy (non-hydrogen) atoms. The Balaban J connectivity index is 1.94. The normalized spacial score (nSPS) is 20.9. The number of hydrogen-bond donors (Lipinski definition) is 1. The van der Waals surface area contributed by atoms with Crippen LogP contribution >= 0.6 is 0 Å². The van der Waals surface area contributed by atoms with Gasteiger partial charge in [0.05, 0.1) is 5.54 Å². The largest absolute Gasteiger partial charge is 0.341 e. The fraction of sp³-hybridized carbons (Fsp3) is 0.923. The fourth-order valence-electron chi connectivity index (χ4n) is 1.97. The Morgan fingerprint density at radius 1 is 1.19 bits per heavy atom. The molecule has 0 saturated heterocycles. The summed E-state index contributed by atoms with van der Waals surface area (Å²) in [7, 11) is 1.87. The Labute approximate surface area is 98.6 Å². The van der Waals surface area contributed by atoms with Gasteiger partial charge in [-0.25, -0.2) is 0 Å². The third kappa shape index (κ3) is 2.97. The molecule has 1 amide bonds. The van der Waals surface area contributed by atoms with Crippen molar-refractivity contribution in [3.63, 3.8) is 0 Å². The van der Waals surface area contributed by atoms with Crippen LogP contribution in [0.15, 0.2) is 0 Å². The van der Waals surface area contributed by atoms with Crippen molar-refractivity contribution >= 4 is 5.91 Å². The van der Waals surface area contributed by atoms with Crippen molar-refractivity contribution in [2.75, 3.05) is 20.1 Å². The zero-order chi connectivity index (χ0) is 11.8. The number of rotatable bonds is 6. The van der Waals surface area contributed by atoms with Gasteiger partial charge in [0.25, 0.3) is 0 Å². The second-order valence-corrected chi connectivity index (χ2v) is 5.97. The Morgan fingerprint density at radius 2 is 1.62 bits per heavy atom. The lowest BCUT2D eigenvalue weighted by molar-refractivity contribution is -0.137. The molecule has 2 fully saturated rings. The molecular weight excluding hydrogens is 200 g/mol. The highest BCUT2D eigenvalue weighted by Crippen LogP contribution is 2.34. The van der Waals surface area contributed by atoms with Crippen molar-refractivity contribution in [2.45, 2.75) is 45.1 Å². The zero-order valence-electron chi connectivity index (χ0n) is 10.8. The van der Waals surface area contributed by atoms with Crippen molar-refractivity contribution in [1.82, 2.24) is 10.2 Å². The SMILES string of the molecule is CNC(C)(C)C(=O)N(CC1CC1)CC1CC1. The highest BCUT2D eigenvalue weighted by Gasteiger charge is 2.36. The molecule has 2 aliphatic rings. The van der Waals surface area contributed by atoms with E-state index in [4.69, 9.17) is 0 Å². The summed E-state index contributed by atoms with van der Waals surface area (Å²) in [5, 5.41) is 3.12. The predicted molar refractivity (Wildman–Crippen MR) is 65.2 cm³/mol. The van der Waals surface area contributed by atoms with Gasteiger partial charge in [0.2, 0.25) is 5.91 Å². The van der Waals surface area contributed by atoms with E-state index in [2.05, 4.69) is 10.2 Å². The average molecular weight is 224 g/mol. The van der Waals surface area contributed by atoms with Crippen LogP contribution in [0.25, 0.3) is 0 Å². The topological polar surface area (TPSA) is 32.3 Å². The van der Waals surface area contributed by atoms with Crippen LogP contribution in [0, 0.1) is 11.8 Å². The molecule has 2 aliphatic carbocycles. The number of likely N-dealkylation sites (N-methyl/N-ethyl adjacent to an activating group) is 1. The van der Waals surface area contributed by atoms with Crippen molar-refractivity contribution in [2.24, 2.45) is 11.8 Å². The molecule has 0 atom stereocenters. The van der Waals surface area contributed by atoms with E-state index in [1.165, 1.54) is 25.7 Å². The monoisotopic (exact) mass is 224 g/mol. The maximum Gasteiger partial charge on any atom is 0.242 e. The van der Waals surface area contributed by atoms with E-state index >= 15 is 0 Å². The molecule has 2 saturated carbocycles. The van der Waals surface area contributed by atoms with Gasteiger partial charge in [-0.05, 0) is 58.4 Å². The summed E-state index contributed by atoms with van der Waals surface area (Å²) in [4.78, 5) is 14.5. The molecule has 0 heterocycles. The highest BCUT2D eigenvalue weighted by atomic mass is 16.2. The van der Waals surface area contributed by atoms with Crippen molar-refractivity contribution in [3.8, 4) is 0 Å². The van der Waals surface area contributed by atoms with E-state index in [0.29, 0.717) is 0 Å². The van der Waals surface area contributed by atoms with Crippen LogP contribution in [-0.4, -0.2) is 36.5 Å². The molecule has 0 spiro atoms. The van der Waals surface area contributed by atoms with Crippen molar-refractivity contribution < 1.29 is 4.79 Å². The molecule has 0 aromatic rings. The van der Waals surface area contributed by atoms with Gasteiger partial charge in [-0.1, -0.05) is 0 Å². The van der Waals surface area contributed by atoms with Gasteiger partial charge in [0.15, 0.2) is 0 Å². The lowest BCUT2D eigenvalue weighted by Crippen LogP contribution is -2.53. The first-order chi connectivity index (χ1) is 7.53.